The zero-order valence-corrected chi connectivity index (χ0v) is 11.5. The van der Waals surface area contributed by atoms with Crippen molar-refractivity contribution < 1.29 is 14.3 Å². The van der Waals surface area contributed by atoms with Crippen LogP contribution in [0, 0.1) is 0 Å². The van der Waals surface area contributed by atoms with Gasteiger partial charge in [0.2, 0.25) is 0 Å². The van der Waals surface area contributed by atoms with Gasteiger partial charge in [-0.25, -0.2) is 4.79 Å². The number of esters is 1. The molecule has 5 heteroatoms. The number of nitrogens with two attached hydrogens (primary N) is 1. The average molecular weight is 267 g/mol. The first-order chi connectivity index (χ1) is 8.58. The Balaban J connectivity index is 2.66. The van der Waals surface area contributed by atoms with Crippen LogP contribution in [0.15, 0.2) is 34.7 Å². The van der Waals surface area contributed by atoms with Crippen LogP contribution in [-0.2, 0) is 9.53 Å². The predicted molar refractivity (Wildman–Crippen MR) is 73.9 cm³/mol. The van der Waals surface area contributed by atoms with Crippen molar-refractivity contribution in [2.24, 2.45) is 0 Å². The van der Waals surface area contributed by atoms with Gasteiger partial charge in [0.15, 0.2) is 0 Å². The van der Waals surface area contributed by atoms with Gasteiger partial charge in [-0.15, -0.1) is 11.8 Å². The van der Waals surface area contributed by atoms with Crippen molar-refractivity contribution in [2.45, 2.75) is 11.8 Å². The van der Waals surface area contributed by atoms with Crippen molar-refractivity contribution in [2.75, 3.05) is 25.7 Å². The van der Waals surface area contributed by atoms with Crippen LogP contribution in [0.3, 0.4) is 0 Å². The fourth-order valence-electron chi connectivity index (χ4n) is 1.27. The minimum atomic E-state index is -0.311. The molecule has 0 radical (unpaired) electrons. The summed E-state index contributed by atoms with van der Waals surface area (Å²) in [7, 11) is 2.98. The molecule has 18 heavy (non-hydrogen) atoms. The predicted octanol–water partition coefficient (Wildman–Crippen LogP) is 2.49. The molecule has 0 spiro atoms. The maximum Gasteiger partial charge on any atom is 0.333 e. The van der Waals surface area contributed by atoms with Crippen molar-refractivity contribution >= 4 is 23.4 Å². The lowest BCUT2D eigenvalue weighted by atomic mass is 10.3. The molecule has 0 aliphatic heterocycles. The molecular formula is C13H17NO3S. The van der Waals surface area contributed by atoms with Crippen LogP contribution in [-0.4, -0.2) is 25.9 Å². The summed E-state index contributed by atoms with van der Waals surface area (Å²) in [5.41, 5.74) is 7.15. The van der Waals surface area contributed by atoms with Crippen molar-refractivity contribution in [3.8, 4) is 5.75 Å². The van der Waals surface area contributed by atoms with Crippen LogP contribution in [0.5, 0.6) is 5.75 Å². The van der Waals surface area contributed by atoms with Crippen LogP contribution < -0.4 is 10.5 Å². The number of thioether (sulfide) groups is 1. The molecule has 0 saturated heterocycles. The van der Waals surface area contributed by atoms with E-state index in [1.807, 2.05) is 18.2 Å². The number of carbonyl (C=O) groups is 1. The Kier molecular flexibility index (Phi) is 5.58. The molecule has 1 rings (SSSR count). The summed E-state index contributed by atoms with van der Waals surface area (Å²) in [6.07, 6.45) is 1.81. The molecule has 0 aromatic heterocycles. The molecule has 1 aromatic carbocycles. The first-order valence-electron chi connectivity index (χ1n) is 5.40. The van der Waals surface area contributed by atoms with E-state index in [2.05, 4.69) is 4.74 Å². The van der Waals surface area contributed by atoms with Crippen molar-refractivity contribution in [1.29, 1.82) is 0 Å². The maximum absolute atomic E-state index is 11.2. The topological polar surface area (TPSA) is 61.5 Å². The third-order valence-electron chi connectivity index (χ3n) is 2.36. The monoisotopic (exact) mass is 267 g/mol. The standard InChI is InChI=1S/C13H17NO3S/c1-9(13(15)17-3)6-7-18-12-8-10(16-2)4-5-11(12)14/h4-6,8H,7,14H2,1-3H3. The Bertz CT molecular complexity index is 458. The largest absolute Gasteiger partial charge is 0.497 e. The lowest BCUT2D eigenvalue weighted by Gasteiger charge is -2.06. The van der Waals surface area contributed by atoms with E-state index in [0.717, 1.165) is 10.6 Å². The minimum Gasteiger partial charge on any atom is -0.497 e. The number of methoxy groups -OCH3 is 2. The van der Waals surface area contributed by atoms with Crippen LogP contribution >= 0.6 is 11.8 Å². The number of hydrogen-bond acceptors (Lipinski definition) is 5. The first kappa shape index (κ1) is 14.4. The fraction of sp³-hybridized carbons (Fsp3) is 0.308. The summed E-state index contributed by atoms with van der Waals surface area (Å²) in [6.45, 7) is 1.72. The van der Waals surface area contributed by atoms with Crippen LogP contribution in [0.4, 0.5) is 5.69 Å². The Hall–Kier alpha value is -1.62. The lowest BCUT2D eigenvalue weighted by molar-refractivity contribution is -0.136. The van der Waals surface area contributed by atoms with Gasteiger partial charge >= 0.3 is 5.97 Å². The molecule has 0 fully saturated rings. The molecule has 0 aliphatic rings. The molecule has 2 N–H and O–H groups in total. The summed E-state index contributed by atoms with van der Waals surface area (Å²) in [4.78, 5) is 12.1. The Labute approximate surface area is 111 Å². The second-order valence-electron chi connectivity index (χ2n) is 3.59. The molecule has 0 bridgehead atoms. The highest BCUT2D eigenvalue weighted by Gasteiger charge is 2.04. The molecule has 0 aliphatic carbocycles. The second-order valence-corrected chi connectivity index (χ2v) is 4.66. The summed E-state index contributed by atoms with van der Waals surface area (Å²) in [6, 6.07) is 5.49. The van der Waals surface area contributed by atoms with Crippen molar-refractivity contribution in [3.63, 3.8) is 0 Å². The zero-order valence-electron chi connectivity index (χ0n) is 10.7. The van der Waals surface area contributed by atoms with E-state index in [0.29, 0.717) is 17.0 Å². The smallest absolute Gasteiger partial charge is 0.333 e. The molecule has 0 amide bonds. The summed E-state index contributed by atoms with van der Waals surface area (Å²) >= 11 is 1.54. The first-order valence-corrected chi connectivity index (χ1v) is 6.38. The van der Waals surface area contributed by atoms with Gasteiger partial charge in [0.1, 0.15) is 5.75 Å². The highest BCUT2D eigenvalue weighted by Crippen LogP contribution is 2.29. The number of ether oxygens (including phenoxy) is 2. The number of benzene rings is 1. The van der Waals surface area contributed by atoms with Gasteiger partial charge in [0, 0.05) is 21.9 Å². The second kappa shape index (κ2) is 6.96. The number of rotatable bonds is 5. The zero-order chi connectivity index (χ0) is 13.5. The van der Waals surface area contributed by atoms with E-state index >= 15 is 0 Å². The van der Waals surface area contributed by atoms with Crippen LogP contribution in [0.1, 0.15) is 6.92 Å². The van der Waals surface area contributed by atoms with Crippen LogP contribution in [0.2, 0.25) is 0 Å². The molecular weight excluding hydrogens is 250 g/mol. The third-order valence-corrected chi connectivity index (χ3v) is 3.35. The van der Waals surface area contributed by atoms with Gasteiger partial charge in [0.05, 0.1) is 14.2 Å². The summed E-state index contributed by atoms with van der Waals surface area (Å²) < 4.78 is 9.75. The van der Waals surface area contributed by atoms with Crippen molar-refractivity contribution in [3.05, 3.63) is 29.8 Å². The van der Waals surface area contributed by atoms with Gasteiger partial charge < -0.3 is 15.2 Å². The van der Waals surface area contributed by atoms with E-state index in [-0.39, 0.29) is 5.97 Å². The van der Waals surface area contributed by atoms with E-state index in [1.165, 1.54) is 7.11 Å². The molecule has 0 unspecified atom stereocenters. The average Bonchev–Trinajstić information content (AvgIpc) is 2.39. The summed E-state index contributed by atoms with van der Waals surface area (Å²) in [5.74, 6) is 1.10. The Morgan fingerprint density at radius 3 is 2.78 bits per heavy atom. The third kappa shape index (κ3) is 4.00. The Morgan fingerprint density at radius 1 is 1.44 bits per heavy atom. The Morgan fingerprint density at radius 2 is 2.17 bits per heavy atom. The van der Waals surface area contributed by atoms with E-state index in [4.69, 9.17) is 10.5 Å². The quantitative estimate of drug-likeness (QED) is 0.384. The summed E-state index contributed by atoms with van der Waals surface area (Å²) in [5, 5.41) is 0. The maximum atomic E-state index is 11.2. The highest BCUT2D eigenvalue weighted by molar-refractivity contribution is 7.99. The number of anilines is 1. The molecule has 0 saturated carbocycles. The fourth-order valence-corrected chi connectivity index (χ4v) is 2.21. The van der Waals surface area contributed by atoms with Crippen LogP contribution in [0.25, 0.3) is 0 Å². The van der Waals surface area contributed by atoms with Crippen molar-refractivity contribution in [1.82, 2.24) is 0 Å². The molecule has 98 valence electrons. The minimum absolute atomic E-state index is 0.311. The normalized spacial score (nSPS) is 11.2. The highest BCUT2D eigenvalue weighted by atomic mass is 32.2. The molecule has 4 nitrogen and oxygen atoms in total. The van der Waals surface area contributed by atoms with E-state index in [9.17, 15) is 4.79 Å². The van der Waals surface area contributed by atoms with Gasteiger partial charge in [-0.05, 0) is 25.1 Å². The lowest BCUT2D eigenvalue weighted by Crippen LogP contribution is -2.01. The number of carbonyl (C=O) groups excluding carboxylic acids is 1. The van der Waals surface area contributed by atoms with Gasteiger partial charge in [-0.2, -0.15) is 0 Å². The SMILES string of the molecule is COC(=O)C(C)=CCSc1cc(OC)ccc1N. The molecule has 1 aromatic rings. The molecule has 0 atom stereocenters. The molecule has 0 heterocycles. The number of nitrogen functional groups attached to an aromatic ring is 1. The van der Waals surface area contributed by atoms with Gasteiger partial charge in [0.25, 0.3) is 0 Å². The van der Waals surface area contributed by atoms with Gasteiger partial charge in [-0.1, -0.05) is 6.08 Å². The van der Waals surface area contributed by atoms with E-state index in [1.54, 1.807) is 31.9 Å². The van der Waals surface area contributed by atoms with Gasteiger partial charge in [-0.3, -0.25) is 0 Å². The number of hydrogen-bond donors (Lipinski definition) is 1. The van der Waals surface area contributed by atoms with E-state index < -0.39 is 0 Å².